The number of nitrogens with zero attached hydrogens (tertiary/aromatic N) is 2. The Bertz CT molecular complexity index is 583. The molecule has 7 heteroatoms. The minimum Gasteiger partial charge on any atom is -0.478 e. The Morgan fingerprint density at radius 2 is 2.25 bits per heavy atom. The van der Waals surface area contributed by atoms with E-state index in [0.717, 1.165) is 6.08 Å². The van der Waals surface area contributed by atoms with Gasteiger partial charge in [0.2, 0.25) is 5.91 Å². The Morgan fingerprint density at radius 1 is 1.45 bits per heavy atom. The van der Waals surface area contributed by atoms with Gasteiger partial charge in [-0.3, -0.25) is 14.6 Å². The number of rotatable bonds is 3. The van der Waals surface area contributed by atoms with E-state index >= 15 is 0 Å². The molecular formula is C13H13N3O4. The van der Waals surface area contributed by atoms with E-state index < -0.39 is 5.97 Å². The summed E-state index contributed by atoms with van der Waals surface area (Å²) in [6.07, 6.45) is 3.71. The molecule has 104 valence electrons. The number of piperazine rings is 1. The summed E-state index contributed by atoms with van der Waals surface area (Å²) in [7, 11) is 0. The zero-order chi connectivity index (χ0) is 14.5. The van der Waals surface area contributed by atoms with E-state index in [2.05, 4.69) is 10.3 Å². The Kier molecular flexibility index (Phi) is 4.09. The number of hydrogen-bond donors (Lipinski definition) is 2. The first-order valence-corrected chi connectivity index (χ1v) is 6.00. The topological polar surface area (TPSA) is 99.6 Å². The molecule has 0 unspecified atom stereocenters. The number of amides is 2. The van der Waals surface area contributed by atoms with Crippen molar-refractivity contribution < 1.29 is 19.5 Å². The molecule has 2 amide bonds. The molecule has 0 aromatic carbocycles. The lowest BCUT2D eigenvalue weighted by Crippen LogP contribution is -2.50. The summed E-state index contributed by atoms with van der Waals surface area (Å²) in [5, 5.41) is 11.3. The van der Waals surface area contributed by atoms with Gasteiger partial charge in [-0.1, -0.05) is 6.07 Å². The summed E-state index contributed by atoms with van der Waals surface area (Å²) in [6, 6.07) is 3.21. The molecule has 1 aromatic heterocycles. The fourth-order valence-electron chi connectivity index (χ4n) is 1.85. The molecule has 0 radical (unpaired) electrons. The molecule has 1 aliphatic rings. The fourth-order valence-corrected chi connectivity index (χ4v) is 1.85. The van der Waals surface area contributed by atoms with E-state index in [1.165, 1.54) is 17.2 Å². The van der Waals surface area contributed by atoms with Crippen LogP contribution in [0.1, 0.15) is 16.1 Å². The molecule has 0 spiro atoms. The molecule has 2 heterocycles. The van der Waals surface area contributed by atoms with Gasteiger partial charge in [-0.25, -0.2) is 4.79 Å². The first-order valence-electron chi connectivity index (χ1n) is 6.00. The van der Waals surface area contributed by atoms with Gasteiger partial charge in [0.05, 0.1) is 6.54 Å². The maximum absolute atomic E-state index is 12.3. The zero-order valence-electron chi connectivity index (χ0n) is 10.6. The van der Waals surface area contributed by atoms with Gasteiger partial charge in [-0.2, -0.15) is 0 Å². The van der Waals surface area contributed by atoms with Gasteiger partial charge in [0.15, 0.2) is 0 Å². The highest BCUT2D eigenvalue weighted by Crippen LogP contribution is 2.11. The normalized spacial score (nSPS) is 15.2. The minimum absolute atomic E-state index is 0.0164. The van der Waals surface area contributed by atoms with Crippen LogP contribution in [0.15, 0.2) is 24.4 Å². The van der Waals surface area contributed by atoms with Crippen molar-refractivity contribution in [1.29, 1.82) is 0 Å². The number of carbonyl (C=O) groups is 3. The third-order valence-corrected chi connectivity index (χ3v) is 2.77. The maximum Gasteiger partial charge on any atom is 0.328 e. The summed E-state index contributed by atoms with van der Waals surface area (Å²) in [4.78, 5) is 39.5. The highest BCUT2D eigenvalue weighted by Gasteiger charge is 2.24. The Labute approximate surface area is 114 Å². The van der Waals surface area contributed by atoms with Gasteiger partial charge in [0.1, 0.15) is 5.69 Å². The molecule has 2 N–H and O–H groups in total. The van der Waals surface area contributed by atoms with Crippen LogP contribution in [0.5, 0.6) is 0 Å². The van der Waals surface area contributed by atoms with Crippen LogP contribution in [0.3, 0.4) is 0 Å². The summed E-state index contributed by atoms with van der Waals surface area (Å²) in [5.74, 6) is -1.71. The van der Waals surface area contributed by atoms with E-state index in [1.54, 1.807) is 12.1 Å². The average Bonchev–Trinajstić information content (AvgIpc) is 2.44. The van der Waals surface area contributed by atoms with Gasteiger partial charge < -0.3 is 15.3 Å². The van der Waals surface area contributed by atoms with E-state index in [0.29, 0.717) is 18.7 Å². The van der Waals surface area contributed by atoms with Gasteiger partial charge in [-0.05, 0) is 12.1 Å². The van der Waals surface area contributed by atoms with Crippen molar-refractivity contribution in [3.05, 3.63) is 35.7 Å². The lowest BCUT2D eigenvalue weighted by molar-refractivity contribution is -0.131. The molecule has 0 bridgehead atoms. The summed E-state index contributed by atoms with van der Waals surface area (Å²) in [6.45, 7) is 0.790. The predicted molar refractivity (Wildman–Crippen MR) is 69.8 cm³/mol. The molecule has 0 aliphatic carbocycles. The van der Waals surface area contributed by atoms with E-state index in [4.69, 9.17) is 5.11 Å². The number of carbonyl (C=O) groups excluding carboxylic acids is 2. The lowest BCUT2D eigenvalue weighted by Gasteiger charge is -2.26. The number of carboxylic acids is 1. The first-order chi connectivity index (χ1) is 9.58. The minimum atomic E-state index is -1.11. The molecule has 20 heavy (non-hydrogen) atoms. The van der Waals surface area contributed by atoms with Crippen LogP contribution in [0, 0.1) is 0 Å². The smallest absolute Gasteiger partial charge is 0.328 e. The third kappa shape index (κ3) is 3.19. The SMILES string of the molecule is O=C(O)/C=C/c1cccnc1C(=O)N1CCNC(=O)C1. The van der Waals surface area contributed by atoms with E-state index in [9.17, 15) is 14.4 Å². The number of hydrogen-bond acceptors (Lipinski definition) is 4. The average molecular weight is 275 g/mol. The summed E-state index contributed by atoms with van der Waals surface area (Å²) < 4.78 is 0. The predicted octanol–water partition coefficient (Wildman–Crippen LogP) is -0.249. The highest BCUT2D eigenvalue weighted by molar-refractivity contribution is 5.99. The van der Waals surface area contributed by atoms with Crippen molar-refractivity contribution >= 4 is 23.9 Å². The van der Waals surface area contributed by atoms with Crippen molar-refractivity contribution in [2.45, 2.75) is 0 Å². The van der Waals surface area contributed by atoms with Crippen molar-refractivity contribution in [2.24, 2.45) is 0 Å². The molecule has 1 aliphatic heterocycles. The zero-order valence-corrected chi connectivity index (χ0v) is 10.6. The molecule has 0 atom stereocenters. The van der Waals surface area contributed by atoms with E-state index in [-0.39, 0.29) is 24.1 Å². The highest BCUT2D eigenvalue weighted by atomic mass is 16.4. The molecule has 1 fully saturated rings. The van der Waals surface area contributed by atoms with Crippen LogP contribution in [0.4, 0.5) is 0 Å². The van der Waals surface area contributed by atoms with Crippen LogP contribution in [-0.2, 0) is 9.59 Å². The van der Waals surface area contributed by atoms with Crippen LogP contribution < -0.4 is 5.32 Å². The standard InChI is InChI=1S/C13H13N3O4/c17-10-8-16(7-6-14-10)13(20)12-9(2-1-5-15-12)3-4-11(18)19/h1-5H,6-8H2,(H,14,17)(H,18,19)/b4-3+. The molecule has 2 rings (SSSR count). The molecule has 1 aromatic rings. The lowest BCUT2D eigenvalue weighted by atomic mass is 10.1. The van der Waals surface area contributed by atoms with Crippen molar-refractivity contribution in [2.75, 3.05) is 19.6 Å². The van der Waals surface area contributed by atoms with Crippen molar-refractivity contribution in [3.8, 4) is 0 Å². The second-order valence-electron chi connectivity index (χ2n) is 4.19. The first kappa shape index (κ1) is 13.7. The molecule has 0 saturated carbocycles. The van der Waals surface area contributed by atoms with Crippen LogP contribution in [0.25, 0.3) is 6.08 Å². The number of pyridine rings is 1. The monoisotopic (exact) mass is 275 g/mol. The third-order valence-electron chi connectivity index (χ3n) is 2.77. The Balaban J connectivity index is 2.25. The van der Waals surface area contributed by atoms with E-state index in [1.807, 2.05) is 0 Å². The van der Waals surface area contributed by atoms with Crippen LogP contribution >= 0.6 is 0 Å². The fraction of sp³-hybridized carbons (Fsp3) is 0.231. The molecular weight excluding hydrogens is 262 g/mol. The van der Waals surface area contributed by atoms with Gasteiger partial charge >= 0.3 is 5.97 Å². The van der Waals surface area contributed by atoms with Gasteiger partial charge in [-0.15, -0.1) is 0 Å². The molecule has 1 saturated heterocycles. The summed E-state index contributed by atoms with van der Waals surface area (Å²) >= 11 is 0. The number of nitrogens with one attached hydrogen (secondary N) is 1. The second-order valence-corrected chi connectivity index (χ2v) is 4.19. The van der Waals surface area contributed by atoms with Crippen molar-refractivity contribution in [1.82, 2.24) is 15.2 Å². The maximum atomic E-state index is 12.3. The van der Waals surface area contributed by atoms with Crippen molar-refractivity contribution in [3.63, 3.8) is 0 Å². The second kappa shape index (κ2) is 5.96. The largest absolute Gasteiger partial charge is 0.478 e. The van der Waals surface area contributed by atoms with Crippen LogP contribution in [-0.4, -0.2) is 52.4 Å². The van der Waals surface area contributed by atoms with Gasteiger partial charge in [0.25, 0.3) is 5.91 Å². The molecule has 7 nitrogen and oxygen atoms in total. The van der Waals surface area contributed by atoms with Crippen LogP contribution in [0.2, 0.25) is 0 Å². The quantitative estimate of drug-likeness (QED) is 0.741. The number of aromatic nitrogens is 1. The number of carboxylic acid groups (broad SMARTS) is 1. The Hall–Kier alpha value is -2.70. The number of aliphatic carboxylic acids is 1. The summed E-state index contributed by atoms with van der Waals surface area (Å²) in [5.41, 5.74) is 0.547. The van der Waals surface area contributed by atoms with Gasteiger partial charge in [0, 0.05) is 30.9 Å². The Morgan fingerprint density at radius 3 is 2.95 bits per heavy atom.